The van der Waals surface area contributed by atoms with Crippen LogP contribution in [-0.2, 0) is 4.74 Å². The second-order valence-electron chi connectivity index (χ2n) is 6.69. The predicted molar refractivity (Wildman–Crippen MR) is 88.9 cm³/mol. The molecule has 0 aromatic heterocycles. The lowest BCUT2D eigenvalue weighted by atomic mass is 9.98. The van der Waals surface area contributed by atoms with E-state index in [9.17, 15) is 0 Å². The zero-order valence-corrected chi connectivity index (χ0v) is 14.6. The van der Waals surface area contributed by atoms with Crippen molar-refractivity contribution in [3.63, 3.8) is 0 Å². The number of ether oxygens (including phenoxy) is 2. The molecule has 3 heteroatoms. The Labute approximate surface area is 130 Å². The van der Waals surface area contributed by atoms with E-state index in [0.29, 0.717) is 12.1 Å². The van der Waals surface area contributed by atoms with Gasteiger partial charge in [-0.05, 0) is 65.7 Å². The summed E-state index contributed by atoms with van der Waals surface area (Å²) in [7, 11) is 1.77. The van der Waals surface area contributed by atoms with Crippen LogP contribution < -0.4 is 10.1 Å². The van der Waals surface area contributed by atoms with E-state index in [2.05, 4.69) is 45.1 Å². The summed E-state index contributed by atoms with van der Waals surface area (Å²) in [6.07, 6.45) is 1.19. The van der Waals surface area contributed by atoms with Gasteiger partial charge in [0.25, 0.3) is 0 Å². The third-order valence-corrected chi connectivity index (χ3v) is 3.64. The van der Waals surface area contributed by atoms with Crippen LogP contribution in [0.25, 0.3) is 0 Å². The molecule has 21 heavy (non-hydrogen) atoms. The van der Waals surface area contributed by atoms with Crippen LogP contribution in [0.4, 0.5) is 0 Å². The molecule has 0 aliphatic carbocycles. The number of methoxy groups -OCH3 is 1. The molecule has 0 amide bonds. The minimum Gasteiger partial charge on any atom is -0.491 e. The normalized spacial score (nSPS) is 15.0. The molecule has 1 aromatic carbocycles. The van der Waals surface area contributed by atoms with Gasteiger partial charge < -0.3 is 14.8 Å². The fourth-order valence-corrected chi connectivity index (χ4v) is 2.51. The number of hydrogen-bond donors (Lipinski definition) is 1. The summed E-state index contributed by atoms with van der Waals surface area (Å²) < 4.78 is 11.2. The van der Waals surface area contributed by atoms with E-state index < -0.39 is 0 Å². The standard InChI is InChI=1S/C18H31NO2/c1-13(2)21-17-10-8-16(9-11-17)15(4)19-14(3)12-18(5,6)20-7/h8-11,13-15,19H,12H2,1-7H3. The van der Waals surface area contributed by atoms with Crippen molar-refractivity contribution in [2.75, 3.05) is 7.11 Å². The Balaban J connectivity index is 2.57. The summed E-state index contributed by atoms with van der Waals surface area (Å²) in [5.41, 5.74) is 1.18. The highest BCUT2D eigenvalue weighted by molar-refractivity contribution is 5.29. The van der Waals surface area contributed by atoms with Gasteiger partial charge in [0.2, 0.25) is 0 Å². The van der Waals surface area contributed by atoms with E-state index in [1.54, 1.807) is 7.11 Å². The topological polar surface area (TPSA) is 30.5 Å². The molecule has 0 radical (unpaired) electrons. The molecule has 0 aliphatic heterocycles. The fourth-order valence-electron chi connectivity index (χ4n) is 2.51. The Hall–Kier alpha value is -1.06. The van der Waals surface area contributed by atoms with Gasteiger partial charge in [-0.25, -0.2) is 0 Å². The van der Waals surface area contributed by atoms with E-state index in [4.69, 9.17) is 9.47 Å². The average molecular weight is 293 g/mol. The second-order valence-corrected chi connectivity index (χ2v) is 6.69. The van der Waals surface area contributed by atoms with Gasteiger partial charge in [0.1, 0.15) is 5.75 Å². The van der Waals surface area contributed by atoms with E-state index in [1.807, 2.05) is 26.0 Å². The van der Waals surface area contributed by atoms with Crippen LogP contribution in [0.5, 0.6) is 5.75 Å². The molecule has 0 heterocycles. The molecular formula is C18H31NO2. The summed E-state index contributed by atoms with van der Waals surface area (Å²) in [6, 6.07) is 9.03. The summed E-state index contributed by atoms with van der Waals surface area (Å²) in [5.74, 6) is 0.925. The van der Waals surface area contributed by atoms with Crippen molar-refractivity contribution in [3.8, 4) is 5.75 Å². The van der Waals surface area contributed by atoms with Gasteiger partial charge in [0.15, 0.2) is 0 Å². The van der Waals surface area contributed by atoms with Gasteiger partial charge in [-0.2, -0.15) is 0 Å². The summed E-state index contributed by atoms with van der Waals surface area (Å²) in [4.78, 5) is 0. The average Bonchev–Trinajstić information content (AvgIpc) is 2.38. The van der Waals surface area contributed by atoms with Crippen molar-refractivity contribution in [2.24, 2.45) is 0 Å². The molecule has 0 aliphatic rings. The first kappa shape index (κ1) is 18.0. The Morgan fingerprint density at radius 3 is 2.10 bits per heavy atom. The Bertz CT molecular complexity index is 412. The van der Waals surface area contributed by atoms with Crippen LogP contribution in [0.2, 0.25) is 0 Å². The second kappa shape index (κ2) is 7.81. The summed E-state index contributed by atoms with van der Waals surface area (Å²) in [6.45, 7) is 12.7. The molecule has 1 N–H and O–H groups in total. The third kappa shape index (κ3) is 6.49. The lowest BCUT2D eigenvalue weighted by Crippen LogP contribution is -2.36. The molecule has 2 atom stereocenters. The van der Waals surface area contributed by atoms with Gasteiger partial charge in [-0.3, -0.25) is 0 Å². The van der Waals surface area contributed by atoms with Crippen LogP contribution >= 0.6 is 0 Å². The van der Waals surface area contributed by atoms with Crippen LogP contribution in [0.1, 0.15) is 59.6 Å². The predicted octanol–water partition coefficient (Wildman–Crippen LogP) is 4.33. The maximum Gasteiger partial charge on any atom is 0.119 e. The number of hydrogen-bond acceptors (Lipinski definition) is 3. The fraction of sp³-hybridized carbons (Fsp3) is 0.667. The van der Waals surface area contributed by atoms with E-state index >= 15 is 0 Å². The Kier molecular flexibility index (Phi) is 6.69. The molecule has 0 spiro atoms. The van der Waals surface area contributed by atoms with E-state index in [0.717, 1.165) is 12.2 Å². The number of rotatable bonds is 8. The summed E-state index contributed by atoms with van der Waals surface area (Å²) in [5, 5.41) is 3.63. The van der Waals surface area contributed by atoms with Crippen LogP contribution in [-0.4, -0.2) is 24.9 Å². The van der Waals surface area contributed by atoms with Crippen molar-refractivity contribution >= 4 is 0 Å². The molecule has 0 bridgehead atoms. The highest BCUT2D eigenvalue weighted by atomic mass is 16.5. The van der Waals surface area contributed by atoms with Crippen molar-refractivity contribution < 1.29 is 9.47 Å². The minimum absolute atomic E-state index is 0.0961. The van der Waals surface area contributed by atoms with Crippen molar-refractivity contribution in [1.29, 1.82) is 0 Å². The first-order chi connectivity index (χ1) is 9.73. The lowest BCUT2D eigenvalue weighted by Gasteiger charge is -2.29. The SMILES string of the molecule is COC(C)(C)CC(C)NC(C)c1ccc(OC(C)C)cc1. The first-order valence-electron chi connectivity index (χ1n) is 7.81. The third-order valence-electron chi connectivity index (χ3n) is 3.64. The monoisotopic (exact) mass is 293 g/mol. The molecule has 0 saturated heterocycles. The molecule has 120 valence electrons. The molecule has 0 saturated carbocycles. The zero-order valence-electron chi connectivity index (χ0n) is 14.6. The lowest BCUT2D eigenvalue weighted by molar-refractivity contribution is 0.00782. The molecule has 1 rings (SSSR count). The number of nitrogens with one attached hydrogen (secondary N) is 1. The van der Waals surface area contributed by atoms with Crippen molar-refractivity contribution in [2.45, 2.75) is 71.8 Å². The van der Waals surface area contributed by atoms with Gasteiger partial charge in [0, 0.05) is 19.2 Å². The highest BCUT2D eigenvalue weighted by Crippen LogP contribution is 2.21. The smallest absolute Gasteiger partial charge is 0.119 e. The minimum atomic E-state index is -0.0961. The van der Waals surface area contributed by atoms with Crippen molar-refractivity contribution in [3.05, 3.63) is 29.8 Å². The van der Waals surface area contributed by atoms with Gasteiger partial charge in [0.05, 0.1) is 11.7 Å². The Morgan fingerprint density at radius 1 is 1.05 bits per heavy atom. The summed E-state index contributed by atoms with van der Waals surface area (Å²) >= 11 is 0. The van der Waals surface area contributed by atoms with Crippen LogP contribution in [0.15, 0.2) is 24.3 Å². The largest absolute Gasteiger partial charge is 0.491 e. The number of benzene rings is 1. The highest BCUT2D eigenvalue weighted by Gasteiger charge is 2.21. The molecule has 3 nitrogen and oxygen atoms in total. The maximum atomic E-state index is 5.67. The molecular weight excluding hydrogens is 262 g/mol. The van der Waals surface area contributed by atoms with Gasteiger partial charge in [-0.15, -0.1) is 0 Å². The molecule has 1 aromatic rings. The van der Waals surface area contributed by atoms with E-state index in [1.165, 1.54) is 5.56 Å². The van der Waals surface area contributed by atoms with E-state index in [-0.39, 0.29) is 11.7 Å². The van der Waals surface area contributed by atoms with Crippen LogP contribution in [0.3, 0.4) is 0 Å². The molecule has 0 fully saturated rings. The Morgan fingerprint density at radius 2 is 1.62 bits per heavy atom. The maximum absolute atomic E-state index is 5.67. The van der Waals surface area contributed by atoms with Gasteiger partial charge >= 0.3 is 0 Å². The quantitative estimate of drug-likeness (QED) is 0.774. The van der Waals surface area contributed by atoms with Crippen LogP contribution in [0, 0.1) is 0 Å². The zero-order chi connectivity index (χ0) is 16.0. The van der Waals surface area contributed by atoms with Gasteiger partial charge in [-0.1, -0.05) is 12.1 Å². The molecule has 2 unspecified atom stereocenters. The van der Waals surface area contributed by atoms with Crippen molar-refractivity contribution in [1.82, 2.24) is 5.32 Å². The first-order valence-corrected chi connectivity index (χ1v) is 7.81.